The maximum absolute atomic E-state index is 13.7. The van der Waals surface area contributed by atoms with Gasteiger partial charge in [-0.3, -0.25) is 14.4 Å². The Balaban J connectivity index is 1.46. The highest BCUT2D eigenvalue weighted by Crippen LogP contribution is 2.70. The van der Waals surface area contributed by atoms with Crippen LogP contribution in [0, 0.1) is 28.6 Å². The van der Waals surface area contributed by atoms with Gasteiger partial charge >= 0.3 is 11.9 Å². The first-order chi connectivity index (χ1) is 16.3. The molecule has 35 heavy (non-hydrogen) atoms. The fraction of sp³-hybridized carbons (Fsp3) is 0.821. The van der Waals surface area contributed by atoms with Gasteiger partial charge in [0, 0.05) is 25.7 Å². The van der Waals surface area contributed by atoms with Crippen LogP contribution in [0.2, 0.25) is 0 Å². The van der Waals surface area contributed by atoms with E-state index in [1.165, 1.54) is 19.4 Å². The molecule has 1 heterocycles. The highest BCUT2D eigenvalue weighted by Gasteiger charge is 2.75. The Hall–Kier alpha value is -1.73. The second-order valence-corrected chi connectivity index (χ2v) is 12.5. The lowest BCUT2D eigenvalue weighted by molar-refractivity contribution is -0.215. The van der Waals surface area contributed by atoms with Gasteiger partial charge in [-0.15, -0.1) is 0 Å². The number of esters is 2. The van der Waals surface area contributed by atoms with Crippen LogP contribution < -0.4 is 0 Å². The van der Waals surface area contributed by atoms with E-state index >= 15 is 0 Å². The minimum Gasteiger partial charge on any atom is -0.462 e. The van der Waals surface area contributed by atoms with Gasteiger partial charge < -0.3 is 18.9 Å². The number of rotatable bonds is 4. The largest absolute Gasteiger partial charge is 0.462 e. The smallest absolute Gasteiger partial charge is 0.303 e. The van der Waals surface area contributed by atoms with Gasteiger partial charge in [0.15, 0.2) is 18.0 Å². The lowest BCUT2D eigenvalue weighted by atomic mass is 9.46. The molecule has 4 fully saturated rings. The van der Waals surface area contributed by atoms with Crippen LogP contribution in [0.3, 0.4) is 0 Å². The van der Waals surface area contributed by atoms with E-state index in [0.29, 0.717) is 11.8 Å². The van der Waals surface area contributed by atoms with E-state index in [1.54, 1.807) is 0 Å². The quantitative estimate of drug-likeness (QED) is 0.425. The van der Waals surface area contributed by atoms with Crippen molar-refractivity contribution >= 4 is 17.7 Å². The van der Waals surface area contributed by atoms with Gasteiger partial charge in [-0.1, -0.05) is 25.5 Å². The number of ketones is 1. The second kappa shape index (κ2) is 8.14. The number of carbonyl (C=O) groups is 3. The van der Waals surface area contributed by atoms with Crippen LogP contribution in [0.5, 0.6) is 0 Å². The summed E-state index contributed by atoms with van der Waals surface area (Å²) in [6.07, 6.45) is 8.41. The van der Waals surface area contributed by atoms with Crippen LogP contribution >= 0.6 is 0 Å². The zero-order valence-corrected chi connectivity index (χ0v) is 22.0. The number of hydrogen-bond acceptors (Lipinski definition) is 7. The fourth-order valence-corrected chi connectivity index (χ4v) is 8.84. The second-order valence-electron chi connectivity index (χ2n) is 12.5. The SMILES string of the molecule is CC(=O)OCC(=O)[C@@]12OC(C)(C)O[C@@H]1C[C@H]1[C@H]3CC=C4C[C@@H](OC(C)=O)CC[C@]4(C)[C@H]3CC[C@@]12C. The van der Waals surface area contributed by atoms with Gasteiger partial charge in [-0.05, 0) is 75.5 Å². The molecule has 3 saturated carbocycles. The van der Waals surface area contributed by atoms with Crippen LogP contribution in [0.4, 0.5) is 0 Å². The number of ether oxygens (including phenoxy) is 4. The van der Waals surface area contributed by atoms with Crippen molar-refractivity contribution in [3.05, 3.63) is 11.6 Å². The Morgan fingerprint density at radius 1 is 1.03 bits per heavy atom. The lowest BCUT2D eigenvalue weighted by Crippen LogP contribution is -2.61. The molecular formula is C28H40O7. The summed E-state index contributed by atoms with van der Waals surface area (Å²) in [5, 5.41) is 0. The van der Waals surface area contributed by atoms with Crippen molar-refractivity contribution < 1.29 is 33.3 Å². The molecule has 0 radical (unpaired) electrons. The summed E-state index contributed by atoms with van der Waals surface area (Å²) in [5.74, 6) is -0.461. The normalized spacial score (nSPS) is 45.3. The maximum Gasteiger partial charge on any atom is 0.303 e. The fourth-order valence-electron chi connectivity index (χ4n) is 8.84. The predicted octanol–water partition coefficient (Wildman–Crippen LogP) is 4.51. The monoisotopic (exact) mass is 488 g/mol. The molecule has 0 aromatic heterocycles. The van der Waals surface area contributed by atoms with Crippen molar-refractivity contribution in [2.24, 2.45) is 28.6 Å². The molecule has 0 N–H and O–H groups in total. The zero-order chi connectivity index (χ0) is 25.4. The zero-order valence-electron chi connectivity index (χ0n) is 22.0. The van der Waals surface area contributed by atoms with E-state index in [2.05, 4.69) is 19.9 Å². The van der Waals surface area contributed by atoms with Gasteiger partial charge in [0.1, 0.15) is 6.10 Å². The van der Waals surface area contributed by atoms with Gasteiger partial charge in [-0.25, -0.2) is 0 Å². The highest BCUT2D eigenvalue weighted by atomic mass is 16.8. The molecule has 5 aliphatic rings. The molecule has 4 aliphatic carbocycles. The van der Waals surface area contributed by atoms with Crippen LogP contribution in [0.15, 0.2) is 11.6 Å². The molecule has 7 heteroatoms. The minimum absolute atomic E-state index is 0.0192. The van der Waals surface area contributed by atoms with Gasteiger partial charge in [0.05, 0.1) is 6.10 Å². The Bertz CT molecular complexity index is 968. The molecule has 0 amide bonds. The minimum atomic E-state index is -1.10. The molecule has 0 aromatic carbocycles. The van der Waals surface area contributed by atoms with E-state index < -0.39 is 17.4 Å². The Labute approximate surface area is 208 Å². The third-order valence-electron chi connectivity index (χ3n) is 10.2. The number of Topliss-reactive ketones (excluding diaryl/α,β-unsaturated/α-hetero) is 1. The third-order valence-corrected chi connectivity index (χ3v) is 10.2. The van der Waals surface area contributed by atoms with Crippen LogP contribution in [-0.4, -0.2) is 47.9 Å². The van der Waals surface area contributed by atoms with Crippen molar-refractivity contribution in [3.63, 3.8) is 0 Å². The molecule has 7 nitrogen and oxygen atoms in total. The van der Waals surface area contributed by atoms with Crippen LogP contribution in [0.1, 0.15) is 86.5 Å². The molecule has 0 spiro atoms. The molecular weight excluding hydrogens is 448 g/mol. The summed E-state index contributed by atoms with van der Waals surface area (Å²) >= 11 is 0. The topological polar surface area (TPSA) is 88.1 Å². The Morgan fingerprint density at radius 2 is 1.77 bits per heavy atom. The van der Waals surface area contributed by atoms with Crippen molar-refractivity contribution in [1.82, 2.24) is 0 Å². The molecule has 5 rings (SSSR count). The summed E-state index contributed by atoms with van der Waals surface area (Å²) < 4.78 is 23.7. The lowest BCUT2D eigenvalue weighted by Gasteiger charge is -2.59. The molecule has 1 saturated heterocycles. The average molecular weight is 489 g/mol. The van der Waals surface area contributed by atoms with E-state index in [9.17, 15) is 14.4 Å². The number of fused-ring (bicyclic) bond motifs is 7. The summed E-state index contributed by atoms with van der Waals surface area (Å²) in [7, 11) is 0. The van der Waals surface area contributed by atoms with Crippen molar-refractivity contribution in [2.45, 2.75) is 110 Å². The first-order valence-electron chi connectivity index (χ1n) is 13.2. The average Bonchev–Trinajstić information content (AvgIpc) is 3.17. The third kappa shape index (κ3) is 3.63. The molecule has 0 aromatic rings. The predicted molar refractivity (Wildman–Crippen MR) is 127 cm³/mol. The molecule has 194 valence electrons. The summed E-state index contributed by atoms with van der Waals surface area (Å²) in [4.78, 5) is 36.8. The summed E-state index contributed by atoms with van der Waals surface area (Å²) in [6, 6.07) is 0. The molecule has 0 bridgehead atoms. The van der Waals surface area contributed by atoms with Crippen LogP contribution in [0.25, 0.3) is 0 Å². The number of allylic oxidation sites excluding steroid dienone is 1. The first-order valence-corrected chi connectivity index (χ1v) is 13.2. The Morgan fingerprint density at radius 3 is 2.46 bits per heavy atom. The number of carbonyl (C=O) groups excluding carboxylic acids is 3. The summed E-state index contributed by atoms with van der Waals surface area (Å²) in [6.45, 7) is 10.9. The molecule has 8 atom stereocenters. The van der Waals surface area contributed by atoms with Crippen molar-refractivity contribution in [2.75, 3.05) is 6.61 Å². The first kappa shape index (κ1) is 24.9. The van der Waals surface area contributed by atoms with Gasteiger partial charge in [0.25, 0.3) is 0 Å². The molecule has 0 unspecified atom stereocenters. The van der Waals surface area contributed by atoms with Crippen molar-refractivity contribution in [3.8, 4) is 0 Å². The van der Waals surface area contributed by atoms with E-state index in [-0.39, 0.29) is 47.3 Å². The molecule has 1 aliphatic heterocycles. The van der Waals surface area contributed by atoms with Crippen LogP contribution in [-0.2, 0) is 33.3 Å². The van der Waals surface area contributed by atoms with Gasteiger partial charge in [-0.2, -0.15) is 0 Å². The van der Waals surface area contributed by atoms with E-state index in [0.717, 1.165) is 44.9 Å². The van der Waals surface area contributed by atoms with Gasteiger partial charge in [0.2, 0.25) is 5.78 Å². The standard InChI is InChI=1S/C28H40O7/c1-16(29)32-15-23(31)28-24(34-25(3,4)35-28)14-22-20-8-7-18-13-19(33-17(2)30)9-11-26(18,5)21(20)10-12-27(22,28)6/h7,19-22,24H,8-15H2,1-6H3/t19-,20-,21-,22-,24+,26-,27-,28+/m0/s1. The van der Waals surface area contributed by atoms with Crippen molar-refractivity contribution in [1.29, 1.82) is 0 Å². The highest BCUT2D eigenvalue weighted by molar-refractivity contribution is 5.92. The van der Waals surface area contributed by atoms with E-state index in [1.807, 2.05) is 13.8 Å². The summed E-state index contributed by atoms with van der Waals surface area (Å²) in [5.41, 5.74) is 0.0429. The number of hydrogen-bond donors (Lipinski definition) is 0. The van der Waals surface area contributed by atoms with E-state index in [4.69, 9.17) is 18.9 Å². The maximum atomic E-state index is 13.7. The Kier molecular flexibility index (Phi) is 5.80.